The number of aromatic nitrogens is 2. The Bertz CT molecular complexity index is 704. The Kier molecular flexibility index (Phi) is 3.71. The van der Waals surface area contributed by atoms with Crippen LogP contribution in [0.25, 0.3) is 0 Å². The summed E-state index contributed by atoms with van der Waals surface area (Å²) in [6.45, 7) is 1.85. The Balaban J connectivity index is 2.07. The van der Waals surface area contributed by atoms with Gasteiger partial charge in [-0.3, -0.25) is 0 Å². The average molecular weight is 347 g/mol. The molecule has 1 aliphatic rings. The van der Waals surface area contributed by atoms with E-state index >= 15 is 0 Å². The van der Waals surface area contributed by atoms with Crippen LogP contribution in [0.1, 0.15) is 40.9 Å². The van der Waals surface area contributed by atoms with Gasteiger partial charge < -0.3 is 5.73 Å². The summed E-state index contributed by atoms with van der Waals surface area (Å²) in [5, 5.41) is 3.30. The second kappa shape index (κ2) is 5.52. The molecule has 0 saturated heterocycles. The first-order valence-electron chi connectivity index (χ1n) is 6.80. The van der Waals surface area contributed by atoms with Gasteiger partial charge in [-0.15, -0.1) is 0 Å². The van der Waals surface area contributed by atoms with Crippen LogP contribution in [0, 0.1) is 11.8 Å². The number of fused-ring (bicyclic) bond motifs is 1. The van der Waals surface area contributed by atoms with Gasteiger partial charge in [-0.05, 0) is 37.3 Å². The van der Waals surface area contributed by atoms with Gasteiger partial charge in [0, 0.05) is 15.7 Å². The Morgan fingerprint density at radius 1 is 1.33 bits per heavy atom. The highest BCUT2D eigenvalue weighted by Gasteiger charge is 2.32. The van der Waals surface area contributed by atoms with Gasteiger partial charge >= 0.3 is 0 Å². The lowest BCUT2D eigenvalue weighted by Gasteiger charge is -2.28. The third kappa shape index (κ3) is 2.55. The first-order valence-corrected chi connectivity index (χ1v) is 7.59. The highest BCUT2D eigenvalue weighted by Crippen LogP contribution is 2.42. The lowest BCUT2D eigenvalue weighted by molar-refractivity contribution is 0.488. The standard InChI is InChI=1S/C15H15BrN4O/c1-8-14-12(19-15(17)18-8)6-9(7-13(14)20-21)10-4-2-3-5-11(10)16/h2-5,9,13H,6-7H2,1H3,(H2,17,18,19). The van der Waals surface area contributed by atoms with Crippen LogP contribution in [0.5, 0.6) is 0 Å². The summed E-state index contributed by atoms with van der Waals surface area (Å²) in [4.78, 5) is 19.8. The molecular weight excluding hydrogens is 332 g/mol. The van der Waals surface area contributed by atoms with E-state index in [1.54, 1.807) is 0 Å². The fourth-order valence-corrected chi connectivity index (χ4v) is 3.70. The van der Waals surface area contributed by atoms with E-state index in [1.807, 2.05) is 25.1 Å². The van der Waals surface area contributed by atoms with E-state index in [0.29, 0.717) is 6.42 Å². The minimum atomic E-state index is -0.411. The Morgan fingerprint density at radius 3 is 2.81 bits per heavy atom. The third-order valence-electron chi connectivity index (χ3n) is 3.99. The van der Waals surface area contributed by atoms with Crippen LogP contribution < -0.4 is 5.73 Å². The third-order valence-corrected chi connectivity index (χ3v) is 4.71. The normalized spacial score (nSPS) is 20.9. The fourth-order valence-electron chi connectivity index (χ4n) is 3.10. The monoisotopic (exact) mass is 346 g/mol. The van der Waals surface area contributed by atoms with Crippen LogP contribution in [0.3, 0.4) is 0 Å². The molecule has 21 heavy (non-hydrogen) atoms. The maximum absolute atomic E-state index is 11.3. The average Bonchev–Trinajstić information content (AvgIpc) is 2.46. The van der Waals surface area contributed by atoms with E-state index in [2.05, 4.69) is 37.1 Å². The van der Waals surface area contributed by atoms with E-state index < -0.39 is 6.04 Å². The molecule has 108 valence electrons. The van der Waals surface area contributed by atoms with E-state index in [4.69, 9.17) is 5.73 Å². The van der Waals surface area contributed by atoms with Crippen LogP contribution in [0.4, 0.5) is 5.95 Å². The molecule has 1 aromatic carbocycles. The van der Waals surface area contributed by atoms with Crippen molar-refractivity contribution in [2.24, 2.45) is 5.18 Å². The second-order valence-corrected chi connectivity index (χ2v) is 6.16. The highest BCUT2D eigenvalue weighted by atomic mass is 79.9. The molecule has 6 heteroatoms. The van der Waals surface area contributed by atoms with E-state index in [9.17, 15) is 4.91 Å². The van der Waals surface area contributed by atoms with Crippen molar-refractivity contribution in [1.29, 1.82) is 0 Å². The van der Waals surface area contributed by atoms with Crippen molar-refractivity contribution < 1.29 is 0 Å². The zero-order chi connectivity index (χ0) is 15.0. The predicted molar refractivity (Wildman–Crippen MR) is 84.9 cm³/mol. The number of aryl methyl sites for hydroxylation is 1. The first kappa shape index (κ1) is 14.1. The number of benzene rings is 1. The van der Waals surface area contributed by atoms with E-state index in [-0.39, 0.29) is 11.9 Å². The van der Waals surface area contributed by atoms with E-state index in [0.717, 1.165) is 27.8 Å². The Morgan fingerprint density at radius 2 is 2.10 bits per heavy atom. The van der Waals surface area contributed by atoms with Gasteiger partial charge in [-0.1, -0.05) is 39.3 Å². The predicted octanol–water partition coefficient (Wildman–Crippen LogP) is 3.67. The summed E-state index contributed by atoms with van der Waals surface area (Å²) < 4.78 is 1.04. The molecule has 0 amide bonds. The molecule has 5 nitrogen and oxygen atoms in total. The molecule has 1 aliphatic carbocycles. The maximum Gasteiger partial charge on any atom is 0.220 e. The van der Waals surface area contributed by atoms with Crippen molar-refractivity contribution in [3.05, 3.63) is 56.2 Å². The first-order chi connectivity index (χ1) is 10.1. The molecule has 0 radical (unpaired) electrons. The number of anilines is 1. The SMILES string of the molecule is Cc1nc(N)nc2c1C(N=O)CC(c1ccccc1Br)C2. The fraction of sp³-hybridized carbons (Fsp3) is 0.333. The molecule has 3 rings (SSSR count). The summed E-state index contributed by atoms with van der Waals surface area (Å²) in [5.41, 5.74) is 9.37. The van der Waals surface area contributed by atoms with Gasteiger partial charge in [-0.25, -0.2) is 9.97 Å². The topological polar surface area (TPSA) is 81.2 Å². The molecule has 2 unspecified atom stereocenters. The van der Waals surface area contributed by atoms with Gasteiger partial charge in [0.15, 0.2) is 0 Å². The Labute approximate surface area is 131 Å². The lowest BCUT2D eigenvalue weighted by atomic mass is 9.79. The van der Waals surface area contributed by atoms with Crippen LogP contribution >= 0.6 is 15.9 Å². The van der Waals surface area contributed by atoms with Crippen LogP contribution in [0.15, 0.2) is 33.9 Å². The molecular formula is C15H15BrN4O. The van der Waals surface area contributed by atoms with Gasteiger partial charge in [0.2, 0.25) is 5.95 Å². The molecule has 0 bridgehead atoms. The van der Waals surface area contributed by atoms with Gasteiger partial charge in [0.1, 0.15) is 6.04 Å². The smallest absolute Gasteiger partial charge is 0.220 e. The van der Waals surface area contributed by atoms with Crippen LogP contribution in [0.2, 0.25) is 0 Å². The molecule has 2 N–H and O–H groups in total. The molecule has 1 heterocycles. The minimum absolute atomic E-state index is 0.199. The van der Waals surface area contributed by atoms with Gasteiger partial charge in [0.05, 0.1) is 5.69 Å². The second-order valence-electron chi connectivity index (χ2n) is 5.31. The zero-order valence-electron chi connectivity index (χ0n) is 11.6. The lowest BCUT2D eigenvalue weighted by Crippen LogP contribution is -2.21. The van der Waals surface area contributed by atoms with Crippen molar-refractivity contribution in [3.8, 4) is 0 Å². The van der Waals surface area contributed by atoms with E-state index in [1.165, 1.54) is 5.56 Å². The highest BCUT2D eigenvalue weighted by molar-refractivity contribution is 9.10. The molecule has 2 atom stereocenters. The summed E-state index contributed by atoms with van der Waals surface area (Å²) in [6.07, 6.45) is 1.42. The number of halogens is 1. The number of nitrogen functional groups attached to an aromatic ring is 1. The van der Waals surface area contributed by atoms with Crippen molar-refractivity contribution >= 4 is 21.9 Å². The number of hydrogen-bond donors (Lipinski definition) is 1. The number of hydrogen-bond acceptors (Lipinski definition) is 5. The zero-order valence-corrected chi connectivity index (χ0v) is 13.2. The largest absolute Gasteiger partial charge is 0.368 e. The maximum atomic E-state index is 11.3. The molecule has 0 spiro atoms. The van der Waals surface area contributed by atoms with Crippen LogP contribution in [-0.2, 0) is 6.42 Å². The molecule has 2 aromatic rings. The molecule has 1 aromatic heterocycles. The van der Waals surface area contributed by atoms with Crippen molar-refractivity contribution in [2.45, 2.75) is 31.7 Å². The van der Waals surface area contributed by atoms with Gasteiger partial charge in [0.25, 0.3) is 0 Å². The summed E-state index contributed by atoms with van der Waals surface area (Å²) >= 11 is 3.58. The summed E-state index contributed by atoms with van der Waals surface area (Å²) in [7, 11) is 0. The molecule has 0 saturated carbocycles. The molecule has 0 aliphatic heterocycles. The number of nitrogens with zero attached hydrogens (tertiary/aromatic N) is 3. The van der Waals surface area contributed by atoms with Crippen molar-refractivity contribution in [2.75, 3.05) is 5.73 Å². The van der Waals surface area contributed by atoms with Gasteiger partial charge in [-0.2, -0.15) is 4.91 Å². The quantitative estimate of drug-likeness (QED) is 0.841. The number of nitrogens with two attached hydrogens (primary N) is 1. The van der Waals surface area contributed by atoms with Crippen molar-refractivity contribution in [3.63, 3.8) is 0 Å². The number of nitroso groups, excluding NO2 is 1. The summed E-state index contributed by atoms with van der Waals surface area (Å²) in [5.74, 6) is 0.452. The Hall–Kier alpha value is -1.82. The van der Waals surface area contributed by atoms with Crippen molar-refractivity contribution in [1.82, 2.24) is 9.97 Å². The molecule has 0 fully saturated rings. The number of rotatable bonds is 2. The minimum Gasteiger partial charge on any atom is -0.368 e. The van der Waals surface area contributed by atoms with Crippen LogP contribution in [-0.4, -0.2) is 9.97 Å². The summed E-state index contributed by atoms with van der Waals surface area (Å²) in [6, 6.07) is 7.64.